The Morgan fingerprint density at radius 2 is 1.62 bits per heavy atom. The Labute approximate surface area is 147 Å². The largest absolute Gasteiger partial charge is 0.513 e. The monoisotopic (exact) mass is 334 g/mol. The lowest BCUT2D eigenvalue weighted by atomic mass is 9.86. The van der Waals surface area contributed by atoms with Crippen molar-refractivity contribution in [1.82, 2.24) is 0 Å². The Kier molecular flexibility index (Phi) is 8.88. The van der Waals surface area contributed by atoms with Gasteiger partial charge in [0.05, 0.1) is 6.61 Å². The number of ether oxygens (including phenoxy) is 2. The van der Waals surface area contributed by atoms with Gasteiger partial charge in [-0.3, -0.25) is 0 Å². The predicted molar refractivity (Wildman–Crippen MR) is 99.7 cm³/mol. The highest BCUT2D eigenvalue weighted by Crippen LogP contribution is 2.31. The van der Waals surface area contributed by atoms with Crippen molar-refractivity contribution in [3.8, 4) is 5.75 Å². The van der Waals surface area contributed by atoms with Gasteiger partial charge in [0.15, 0.2) is 0 Å². The minimum atomic E-state index is -0.605. The van der Waals surface area contributed by atoms with E-state index in [-0.39, 0.29) is 5.41 Å². The van der Waals surface area contributed by atoms with Gasteiger partial charge in [0.1, 0.15) is 5.75 Å². The molecule has 0 N–H and O–H groups in total. The van der Waals surface area contributed by atoms with Gasteiger partial charge in [-0.25, -0.2) is 4.79 Å². The second-order valence-corrected chi connectivity index (χ2v) is 7.90. The molecule has 136 valence electrons. The maximum absolute atomic E-state index is 11.9. The van der Waals surface area contributed by atoms with Crippen molar-refractivity contribution in [2.45, 2.75) is 78.6 Å². The molecule has 0 unspecified atom stereocenters. The second-order valence-electron chi connectivity index (χ2n) is 7.90. The minimum Gasteiger partial charge on any atom is -0.434 e. The van der Waals surface area contributed by atoms with Crippen molar-refractivity contribution in [3.05, 3.63) is 29.8 Å². The maximum atomic E-state index is 11.9. The van der Waals surface area contributed by atoms with Gasteiger partial charge in [0, 0.05) is 5.56 Å². The number of benzene rings is 1. The van der Waals surface area contributed by atoms with E-state index in [0.29, 0.717) is 12.4 Å². The van der Waals surface area contributed by atoms with Crippen molar-refractivity contribution in [2.24, 2.45) is 5.92 Å². The summed E-state index contributed by atoms with van der Waals surface area (Å²) in [4.78, 5) is 11.9. The van der Waals surface area contributed by atoms with Crippen molar-refractivity contribution in [1.29, 1.82) is 0 Å². The van der Waals surface area contributed by atoms with E-state index in [9.17, 15) is 4.79 Å². The molecule has 3 nitrogen and oxygen atoms in total. The summed E-state index contributed by atoms with van der Waals surface area (Å²) in [6, 6.07) is 7.63. The van der Waals surface area contributed by atoms with E-state index in [0.717, 1.165) is 24.3 Å². The molecule has 0 aliphatic heterocycles. The van der Waals surface area contributed by atoms with E-state index in [1.165, 1.54) is 25.7 Å². The quantitative estimate of drug-likeness (QED) is 0.294. The highest BCUT2D eigenvalue weighted by molar-refractivity contribution is 5.64. The molecule has 1 aromatic carbocycles. The van der Waals surface area contributed by atoms with Gasteiger partial charge in [-0.2, -0.15) is 0 Å². The van der Waals surface area contributed by atoms with Crippen LogP contribution in [0.25, 0.3) is 0 Å². The lowest BCUT2D eigenvalue weighted by Crippen LogP contribution is -2.17. The molecule has 3 heteroatoms. The molecule has 0 saturated carbocycles. The number of rotatable bonds is 9. The van der Waals surface area contributed by atoms with Gasteiger partial charge < -0.3 is 9.47 Å². The molecule has 0 saturated heterocycles. The SMILES string of the molecule is CC(C)CCCCCCCOC(=O)Oc1ccccc1C(C)(C)C. The maximum Gasteiger partial charge on any atom is 0.513 e. The van der Waals surface area contributed by atoms with Gasteiger partial charge in [-0.1, -0.05) is 84.9 Å². The number of carbonyl (C=O) groups is 1. The lowest BCUT2D eigenvalue weighted by molar-refractivity contribution is 0.0966. The highest BCUT2D eigenvalue weighted by atomic mass is 16.7. The van der Waals surface area contributed by atoms with Crippen LogP contribution in [0.15, 0.2) is 24.3 Å². The highest BCUT2D eigenvalue weighted by Gasteiger charge is 2.20. The van der Waals surface area contributed by atoms with Gasteiger partial charge >= 0.3 is 6.16 Å². The molecule has 0 atom stereocenters. The fourth-order valence-corrected chi connectivity index (χ4v) is 2.63. The predicted octanol–water partition coefficient (Wildman–Crippen LogP) is 6.50. The van der Waals surface area contributed by atoms with Crippen molar-refractivity contribution >= 4 is 6.16 Å². The molecule has 0 spiro atoms. The molecule has 24 heavy (non-hydrogen) atoms. The number of hydrogen-bond donors (Lipinski definition) is 0. The molecular formula is C21H34O3. The Bertz CT molecular complexity index is 486. The number of para-hydroxylation sites is 1. The summed E-state index contributed by atoms with van der Waals surface area (Å²) < 4.78 is 10.6. The average molecular weight is 335 g/mol. The van der Waals surface area contributed by atoms with Gasteiger partial charge in [0.2, 0.25) is 0 Å². The Balaban J connectivity index is 2.24. The second kappa shape index (κ2) is 10.4. The Morgan fingerprint density at radius 3 is 2.29 bits per heavy atom. The van der Waals surface area contributed by atoms with Crippen LogP contribution in [0.2, 0.25) is 0 Å². The molecule has 0 aliphatic rings. The van der Waals surface area contributed by atoms with Crippen LogP contribution < -0.4 is 4.74 Å². The van der Waals surface area contributed by atoms with Gasteiger partial charge in [-0.15, -0.1) is 0 Å². The van der Waals surface area contributed by atoms with Crippen LogP contribution in [0.5, 0.6) is 5.75 Å². The van der Waals surface area contributed by atoms with E-state index in [4.69, 9.17) is 9.47 Å². The summed E-state index contributed by atoms with van der Waals surface area (Å²) in [6.07, 6.45) is 6.47. The molecule has 0 heterocycles. The third-order valence-electron chi connectivity index (χ3n) is 4.03. The van der Waals surface area contributed by atoms with Crippen LogP contribution in [0, 0.1) is 5.92 Å². The molecule has 0 aliphatic carbocycles. The fraction of sp³-hybridized carbons (Fsp3) is 0.667. The number of hydrogen-bond acceptors (Lipinski definition) is 3. The average Bonchev–Trinajstić information content (AvgIpc) is 2.49. The van der Waals surface area contributed by atoms with Crippen LogP contribution in [0.3, 0.4) is 0 Å². The first-order valence-corrected chi connectivity index (χ1v) is 9.25. The molecule has 0 bridgehead atoms. The van der Waals surface area contributed by atoms with Crippen LogP contribution in [-0.2, 0) is 10.2 Å². The zero-order valence-corrected chi connectivity index (χ0v) is 16.1. The van der Waals surface area contributed by atoms with Crippen LogP contribution in [-0.4, -0.2) is 12.8 Å². The first kappa shape index (κ1) is 20.5. The molecule has 0 aromatic heterocycles. The molecule has 0 fully saturated rings. The first-order valence-electron chi connectivity index (χ1n) is 9.25. The fourth-order valence-electron chi connectivity index (χ4n) is 2.63. The van der Waals surface area contributed by atoms with Gasteiger partial charge in [0.25, 0.3) is 0 Å². The van der Waals surface area contributed by atoms with E-state index in [1.807, 2.05) is 24.3 Å². The number of unbranched alkanes of at least 4 members (excludes halogenated alkanes) is 4. The zero-order chi connectivity index (χ0) is 18.0. The normalized spacial score (nSPS) is 11.6. The summed E-state index contributed by atoms with van der Waals surface area (Å²) in [5.74, 6) is 1.38. The molecular weight excluding hydrogens is 300 g/mol. The van der Waals surface area contributed by atoms with E-state index < -0.39 is 6.16 Å². The molecule has 1 rings (SSSR count). The zero-order valence-electron chi connectivity index (χ0n) is 16.1. The molecule has 0 radical (unpaired) electrons. The first-order chi connectivity index (χ1) is 11.3. The summed E-state index contributed by atoms with van der Waals surface area (Å²) in [7, 11) is 0. The topological polar surface area (TPSA) is 35.5 Å². The van der Waals surface area contributed by atoms with Crippen LogP contribution >= 0.6 is 0 Å². The summed E-state index contributed by atoms with van der Waals surface area (Å²) in [5.41, 5.74) is 0.930. The Morgan fingerprint density at radius 1 is 1.00 bits per heavy atom. The van der Waals surface area contributed by atoms with Crippen LogP contribution in [0.1, 0.15) is 78.7 Å². The van der Waals surface area contributed by atoms with Gasteiger partial charge in [-0.05, 0) is 23.8 Å². The van der Waals surface area contributed by atoms with Crippen molar-refractivity contribution in [3.63, 3.8) is 0 Å². The van der Waals surface area contributed by atoms with Crippen LogP contribution in [0.4, 0.5) is 4.79 Å². The summed E-state index contributed by atoms with van der Waals surface area (Å²) in [5, 5.41) is 0. The van der Waals surface area contributed by atoms with E-state index in [1.54, 1.807) is 0 Å². The number of carbonyl (C=O) groups excluding carboxylic acids is 1. The smallest absolute Gasteiger partial charge is 0.434 e. The minimum absolute atomic E-state index is 0.0765. The van der Waals surface area contributed by atoms with Crippen molar-refractivity contribution in [2.75, 3.05) is 6.61 Å². The standard InChI is InChI=1S/C21H34O3/c1-17(2)13-9-7-6-8-12-16-23-20(22)24-19-15-11-10-14-18(19)21(3,4)5/h10-11,14-15,17H,6-9,12-13,16H2,1-5H3. The molecule has 1 aromatic rings. The third-order valence-corrected chi connectivity index (χ3v) is 4.03. The van der Waals surface area contributed by atoms with E-state index in [2.05, 4.69) is 34.6 Å². The summed E-state index contributed by atoms with van der Waals surface area (Å²) in [6.45, 7) is 11.2. The Hall–Kier alpha value is -1.51. The lowest BCUT2D eigenvalue weighted by Gasteiger charge is -2.21. The summed E-state index contributed by atoms with van der Waals surface area (Å²) >= 11 is 0. The third kappa shape index (κ3) is 8.37. The molecule has 0 amide bonds. The van der Waals surface area contributed by atoms with Crippen molar-refractivity contribution < 1.29 is 14.3 Å². The van der Waals surface area contributed by atoms with E-state index >= 15 is 0 Å².